The number of nitrogens with zero attached hydrogens (tertiary/aromatic N) is 3. The van der Waals surface area contributed by atoms with E-state index in [-0.39, 0.29) is 36.1 Å². The standard InChI is InChI=1S/C17H30N4O3.HI/c1-5-6-10-23-11-7-18-15-19-12-14-13-20(8-9-21(14)15)16(22)24-17(2,3)4;/h5,14H,1,6-13H2,2-4H3,(H,18,19);1H. The van der Waals surface area contributed by atoms with Crippen molar-refractivity contribution in [2.24, 2.45) is 4.99 Å². The molecule has 1 atom stereocenters. The number of rotatable bonds is 6. The van der Waals surface area contributed by atoms with Crippen LogP contribution in [-0.4, -0.2) is 79.4 Å². The second kappa shape index (κ2) is 10.2. The molecule has 2 aliphatic heterocycles. The third-order valence-electron chi connectivity index (χ3n) is 3.85. The highest BCUT2D eigenvalue weighted by Gasteiger charge is 2.36. The van der Waals surface area contributed by atoms with Gasteiger partial charge in [0.2, 0.25) is 0 Å². The van der Waals surface area contributed by atoms with Crippen molar-refractivity contribution >= 4 is 36.0 Å². The second-order valence-electron chi connectivity index (χ2n) is 7.05. The number of aliphatic imine (C=N–C) groups is 1. The molecule has 1 amide bonds. The number of fused-ring (bicyclic) bond motifs is 1. The summed E-state index contributed by atoms with van der Waals surface area (Å²) in [6, 6.07) is 0.232. The topological polar surface area (TPSA) is 66.4 Å². The van der Waals surface area contributed by atoms with E-state index in [1.54, 1.807) is 4.90 Å². The molecule has 0 bridgehead atoms. The second-order valence-corrected chi connectivity index (χ2v) is 7.05. The third-order valence-corrected chi connectivity index (χ3v) is 3.85. The van der Waals surface area contributed by atoms with Gasteiger partial charge in [0.15, 0.2) is 5.96 Å². The molecule has 2 aliphatic rings. The monoisotopic (exact) mass is 466 g/mol. The summed E-state index contributed by atoms with van der Waals surface area (Å²) in [6.07, 6.45) is 2.48. The number of hydrogen-bond donors (Lipinski definition) is 1. The van der Waals surface area contributed by atoms with Crippen molar-refractivity contribution in [3.05, 3.63) is 12.7 Å². The van der Waals surface area contributed by atoms with Gasteiger partial charge in [-0.1, -0.05) is 6.08 Å². The lowest BCUT2D eigenvalue weighted by Crippen LogP contribution is -2.57. The Morgan fingerprint density at radius 2 is 2.16 bits per heavy atom. The third kappa shape index (κ3) is 7.01. The lowest BCUT2D eigenvalue weighted by Gasteiger charge is -2.39. The summed E-state index contributed by atoms with van der Waals surface area (Å²) in [5.41, 5.74) is -0.460. The van der Waals surface area contributed by atoms with E-state index in [4.69, 9.17) is 9.47 Å². The van der Waals surface area contributed by atoms with Crippen molar-refractivity contribution in [1.29, 1.82) is 0 Å². The van der Waals surface area contributed by atoms with Crippen LogP contribution >= 0.6 is 24.0 Å². The smallest absolute Gasteiger partial charge is 0.410 e. The molecule has 0 aromatic carbocycles. The number of carbonyl (C=O) groups is 1. The van der Waals surface area contributed by atoms with Crippen molar-refractivity contribution in [3.8, 4) is 0 Å². The van der Waals surface area contributed by atoms with Gasteiger partial charge in [0, 0.05) is 26.2 Å². The van der Waals surface area contributed by atoms with E-state index < -0.39 is 5.60 Å². The maximum absolute atomic E-state index is 12.2. The molecule has 8 heteroatoms. The minimum Gasteiger partial charge on any atom is -0.444 e. The number of piperazine rings is 1. The Balaban J connectivity index is 0.00000312. The zero-order chi connectivity index (χ0) is 17.6. The molecular weight excluding hydrogens is 435 g/mol. The molecule has 1 unspecified atom stereocenters. The molecule has 7 nitrogen and oxygen atoms in total. The Hall–Kier alpha value is -1.03. The van der Waals surface area contributed by atoms with Crippen LogP contribution in [0.2, 0.25) is 0 Å². The van der Waals surface area contributed by atoms with Crippen LogP contribution in [0.5, 0.6) is 0 Å². The molecule has 1 N–H and O–H groups in total. The summed E-state index contributed by atoms with van der Waals surface area (Å²) in [5.74, 6) is 0.913. The van der Waals surface area contributed by atoms with Gasteiger partial charge in [-0.25, -0.2) is 4.79 Å². The molecule has 2 rings (SSSR count). The lowest BCUT2D eigenvalue weighted by atomic mass is 10.2. The Morgan fingerprint density at radius 1 is 1.40 bits per heavy atom. The van der Waals surface area contributed by atoms with Gasteiger partial charge in [0.1, 0.15) is 5.60 Å². The van der Waals surface area contributed by atoms with Gasteiger partial charge in [-0.3, -0.25) is 4.99 Å². The Bertz CT molecular complexity index is 479. The predicted octanol–water partition coefficient (Wildman–Crippen LogP) is 2.08. The average molecular weight is 466 g/mol. The normalized spacial score (nSPS) is 19.6. The molecule has 1 fully saturated rings. The van der Waals surface area contributed by atoms with Crippen LogP contribution in [-0.2, 0) is 9.47 Å². The fraction of sp³-hybridized carbons (Fsp3) is 0.765. The molecule has 2 heterocycles. The molecule has 144 valence electrons. The maximum atomic E-state index is 12.2. The van der Waals surface area contributed by atoms with Gasteiger partial charge in [-0.15, -0.1) is 30.6 Å². The van der Waals surface area contributed by atoms with Gasteiger partial charge in [-0.2, -0.15) is 0 Å². The van der Waals surface area contributed by atoms with Crippen molar-refractivity contribution in [1.82, 2.24) is 15.1 Å². The average Bonchev–Trinajstić information content (AvgIpc) is 2.91. The summed E-state index contributed by atoms with van der Waals surface area (Å²) < 4.78 is 10.9. The molecule has 1 saturated heterocycles. The molecule has 25 heavy (non-hydrogen) atoms. The highest BCUT2D eigenvalue weighted by Crippen LogP contribution is 2.18. The predicted molar refractivity (Wildman–Crippen MR) is 110 cm³/mol. The van der Waals surface area contributed by atoms with Crippen LogP contribution in [0.4, 0.5) is 4.79 Å². The largest absolute Gasteiger partial charge is 0.444 e. The van der Waals surface area contributed by atoms with Gasteiger partial charge in [0.05, 0.1) is 25.8 Å². The van der Waals surface area contributed by atoms with Crippen LogP contribution in [0.25, 0.3) is 0 Å². The SMILES string of the molecule is C=CCCOCCNC1=NCC2CN(C(=O)OC(C)(C)C)CCN12.I. The Labute approximate surface area is 167 Å². The molecule has 0 aromatic rings. The van der Waals surface area contributed by atoms with Crippen LogP contribution in [0.3, 0.4) is 0 Å². The van der Waals surface area contributed by atoms with Gasteiger partial charge in [-0.05, 0) is 27.2 Å². The van der Waals surface area contributed by atoms with E-state index in [1.165, 1.54) is 0 Å². The van der Waals surface area contributed by atoms with Crippen LogP contribution in [0.1, 0.15) is 27.2 Å². The molecule has 0 saturated carbocycles. The summed E-state index contributed by atoms with van der Waals surface area (Å²) in [5, 5.41) is 3.33. The van der Waals surface area contributed by atoms with Gasteiger partial charge in [0.25, 0.3) is 0 Å². The number of halogens is 1. The van der Waals surface area contributed by atoms with E-state index in [2.05, 4.69) is 21.8 Å². The first kappa shape index (κ1) is 22.0. The number of hydrogen-bond acceptors (Lipinski definition) is 6. The number of carbonyl (C=O) groups excluding carboxylic acids is 1. The van der Waals surface area contributed by atoms with Crippen molar-refractivity contribution in [2.45, 2.75) is 38.8 Å². The number of amides is 1. The maximum Gasteiger partial charge on any atom is 0.410 e. The van der Waals surface area contributed by atoms with Gasteiger partial charge < -0.3 is 24.6 Å². The summed E-state index contributed by atoms with van der Waals surface area (Å²) in [7, 11) is 0. The zero-order valence-electron chi connectivity index (χ0n) is 15.5. The number of nitrogens with one attached hydrogen (secondary N) is 1. The minimum atomic E-state index is -0.460. The summed E-state index contributed by atoms with van der Waals surface area (Å²) >= 11 is 0. The van der Waals surface area contributed by atoms with Gasteiger partial charge >= 0.3 is 6.09 Å². The van der Waals surface area contributed by atoms with E-state index in [1.807, 2.05) is 26.8 Å². The quantitative estimate of drug-likeness (QED) is 0.369. The minimum absolute atomic E-state index is 0. The Morgan fingerprint density at radius 3 is 2.84 bits per heavy atom. The highest BCUT2D eigenvalue weighted by molar-refractivity contribution is 14.0. The number of guanidine groups is 1. The molecule has 0 aliphatic carbocycles. The first-order valence-electron chi connectivity index (χ1n) is 8.62. The fourth-order valence-corrected chi connectivity index (χ4v) is 2.73. The zero-order valence-corrected chi connectivity index (χ0v) is 17.8. The lowest BCUT2D eigenvalue weighted by molar-refractivity contribution is 0.0137. The van der Waals surface area contributed by atoms with Crippen LogP contribution in [0, 0.1) is 0 Å². The van der Waals surface area contributed by atoms with E-state index in [9.17, 15) is 4.79 Å². The van der Waals surface area contributed by atoms with Crippen molar-refractivity contribution in [2.75, 3.05) is 45.9 Å². The summed E-state index contributed by atoms with van der Waals surface area (Å²) in [6.45, 7) is 14.2. The molecular formula is C17H31IN4O3. The van der Waals surface area contributed by atoms with E-state index in [0.717, 1.165) is 25.5 Å². The van der Waals surface area contributed by atoms with Crippen molar-refractivity contribution in [3.63, 3.8) is 0 Å². The van der Waals surface area contributed by atoms with E-state index in [0.29, 0.717) is 32.8 Å². The molecule has 0 radical (unpaired) electrons. The van der Waals surface area contributed by atoms with Crippen molar-refractivity contribution < 1.29 is 14.3 Å². The number of ether oxygens (including phenoxy) is 2. The summed E-state index contributed by atoms with van der Waals surface area (Å²) in [4.78, 5) is 20.8. The van der Waals surface area contributed by atoms with Crippen LogP contribution in [0.15, 0.2) is 17.6 Å². The first-order valence-corrected chi connectivity index (χ1v) is 8.62. The highest BCUT2D eigenvalue weighted by atomic mass is 127. The molecule has 0 spiro atoms. The van der Waals surface area contributed by atoms with E-state index >= 15 is 0 Å². The fourth-order valence-electron chi connectivity index (χ4n) is 2.73. The first-order chi connectivity index (χ1) is 11.4. The van der Waals surface area contributed by atoms with Crippen LogP contribution < -0.4 is 5.32 Å². The Kier molecular flexibility index (Phi) is 8.98. The molecule has 0 aromatic heterocycles.